The van der Waals surface area contributed by atoms with E-state index in [1.54, 1.807) is 5.01 Å². The fourth-order valence-electron chi connectivity index (χ4n) is 4.75. The molecule has 0 radical (unpaired) electrons. The van der Waals surface area contributed by atoms with Crippen molar-refractivity contribution >= 4 is 11.8 Å². The quantitative estimate of drug-likeness (QED) is 0.705. The van der Waals surface area contributed by atoms with Crippen molar-refractivity contribution in [3.8, 4) is 5.75 Å². The average molecular weight is 473 g/mol. The number of rotatable bonds is 4. The molecule has 11 heteroatoms. The fraction of sp³-hybridized carbons (Fsp3) is 0.435. The first-order valence-electron chi connectivity index (χ1n) is 11.3. The zero-order valence-electron chi connectivity index (χ0n) is 18.6. The summed E-state index contributed by atoms with van der Waals surface area (Å²) in [6.45, 7) is 2.58. The summed E-state index contributed by atoms with van der Waals surface area (Å²) in [6, 6.07) is 3.18. The van der Waals surface area contributed by atoms with Gasteiger partial charge < -0.3 is 15.0 Å². The van der Waals surface area contributed by atoms with Crippen LogP contribution in [0, 0.1) is 11.6 Å². The second-order valence-corrected chi connectivity index (χ2v) is 9.01. The van der Waals surface area contributed by atoms with Crippen molar-refractivity contribution in [3.05, 3.63) is 63.1 Å². The van der Waals surface area contributed by atoms with Crippen LogP contribution in [0.15, 0.2) is 29.2 Å². The maximum atomic E-state index is 13.9. The Kier molecular flexibility index (Phi) is 5.61. The van der Waals surface area contributed by atoms with E-state index in [1.807, 2.05) is 12.0 Å². The van der Waals surface area contributed by atoms with Gasteiger partial charge >= 0.3 is 0 Å². The van der Waals surface area contributed by atoms with Crippen LogP contribution in [0.5, 0.6) is 5.75 Å². The van der Waals surface area contributed by atoms with E-state index in [0.717, 1.165) is 38.3 Å². The van der Waals surface area contributed by atoms with Gasteiger partial charge in [0.15, 0.2) is 11.4 Å². The molecule has 1 atom stereocenters. The molecule has 2 amide bonds. The molecule has 2 aromatic rings. The van der Waals surface area contributed by atoms with Crippen LogP contribution in [0.4, 0.5) is 8.78 Å². The van der Waals surface area contributed by atoms with Crippen LogP contribution in [0.25, 0.3) is 0 Å². The van der Waals surface area contributed by atoms with Gasteiger partial charge in [0, 0.05) is 43.0 Å². The van der Waals surface area contributed by atoms with Crippen molar-refractivity contribution in [2.24, 2.45) is 0 Å². The van der Waals surface area contributed by atoms with Gasteiger partial charge in [0.25, 0.3) is 11.8 Å². The Morgan fingerprint density at radius 2 is 1.97 bits per heavy atom. The van der Waals surface area contributed by atoms with Crippen LogP contribution in [0.3, 0.4) is 0 Å². The maximum Gasteiger partial charge on any atom is 0.290 e. The van der Waals surface area contributed by atoms with Gasteiger partial charge in [-0.05, 0) is 32.3 Å². The summed E-state index contributed by atoms with van der Waals surface area (Å²) < 4.78 is 28.4. The number of aromatic hydroxyl groups is 1. The van der Waals surface area contributed by atoms with E-state index < -0.39 is 34.6 Å². The number of fused-ring (bicyclic) bond motifs is 2. The summed E-state index contributed by atoms with van der Waals surface area (Å²) in [6.07, 6.45) is 5.21. The van der Waals surface area contributed by atoms with Crippen LogP contribution < -0.4 is 10.7 Å². The Hall–Kier alpha value is -3.31. The maximum absolute atomic E-state index is 13.9. The van der Waals surface area contributed by atoms with Gasteiger partial charge in [0.2, 0.25) is 5.43 Å². The second-order valence-electron chi connectivity index (χ2n) is 9.01. The molecular formula is C23H25F2N5O4. The van der Waals surface area contributed by atoms with E-state index in [4.69, 9.17) is 0 Å². The highest BCUT2D eigenvalue weighted by Gasteiger charge is 2.45. The molecule has 2 fully saturated rings. The summed E-state index contributed by atoms with van der Waals surface area (Å²) >= 11 is 0. The summed E-state index contributed by atoms with van der Waals surface area (Å²) in [4.78, 5) is 38.9. The molecule has 1 aromatic carbocycles. The molecular weight excluding hydrogens is 448 g/mol. The first-order chi connectivity index (χ1) is 16.3. The Balaban J connectivity index is 1.45. The van der Waals surface area contributed by atoms with Crippen molar-refractivity contribution in [2.45, 2.75) is 57.9 Å². The van der Waals surface area contributed by atoms with Crippen LogP contribution in [0.2, 0.25) is 0 Å². The number of hydrogen-bond acceptors (Lipinski definition) is 6. The third-order valence-electron chi connectivity index (χ3n) is 6.88. The highest BCUT2D eigenvalue weighted by atomic mass is 19.1. The third-order valence-corrected chi connectivity index (χ3v) is 6.88. The number of nitrogens with one attached hydrogen (secondary N) is 1. The highest BCUT2D eigenvalue weighted by molar-refractivity contribution is 5.98. The number of benzene rings is 1. The number of hydrazine groups is 2. The number of amides is 2. The molecule has 0 bridgehead atoms. The standard InChI is InChI=1S/C23H25F2N5O4/c1-13-7-8-28(16-3-2-4-16)29-12-27-11-17(20(31)21(32)19(27)23(34)30(13)29)22(33)26-10-14-5-6-15(24)9-18(14)25/h5-6,9,11,13,16,32H,2-4,7-8,10,12H2,1H3,(H,26,33)/t13-/m0/s1. The minimum atomic E-state index is -0.981. The summed E-state index contributed by atoms with van der Waals surface area (Å²) in [5, 5.41) is 18.6. The molecule has 2 aliphatic heterocycles. The number of hydrogen-bond donors (Lipinski definition) is 2. The number of aromatic nitrogens is 1. The highest BCUT2D eigenvalue weighted by Crippen LogP contribution is 2.34. The molecule has 1 saturated heterocycles. The predicted octanol–water partition coefficient (Wildman–Crippen LogP) is 1.95. The smallest absolute Gasteiger partial charge is 0.290 e. The zero-order chi connectivity index (χ0) is 24.1. The van der Waals surface area contributed by atoms with Gasteiger partial charge in [0.1, 0.15) is 23.9 Å². The molecule has 1 aromatic heterocycles. The van der Waals surface area contributed by atoms with Crippen molar-refractivity contribution in [3.63, 3.8) is 0 Å². The van der Waals surface area contributed by atoms with Crippen molar-refractivity contribution in [1.29, 1.82) is 0 Å². The third kappa shape index (κ3) is 3.64. The minimum Gasteiger partial charge on any atom is -0.503 e. The Labute approximate surface area is 194 Å². The van der Waals surface area contributed by atoms with E-state index in [2.05, 4.69) is 10.3 Å². The lowest BCUT2D eigenvalue weighted by Crippen LogP contribution is -2.68. The van der Waals surface area contributed by atoms with Gasteiger partial charge in [-0.25, -0.2) is 13.8 Å². The first kappa shape index (κ1) is 22.5. The molecule has 2 N–H and O–H groups in total. The van der Waals surface area contributed by atoms with Crippen LogP contribution in [0.1, 0.15) is 59.0 Å². The van der Waals surface area contributed by atoms with E-state index in [-0.39, 0.29) is 36.1 Å². The van der Waals surface area contributed by atoms with E-state index in [0.29, 0.717) is 12.1 Å². The zero-order valence-corrected chi connectivity index (χ0v) is 18.6. The van der Waals surface area contributed by atoms with E-state index in [9.17, 15) is 28.3 Å². The molecule has 1 aliphatic carbocycles. The topological polar surface area (TPSA) is 98.1 Å². The van der Waals surface area contributed by atoms with Gasteiger partial charge in [0.05, 0.1) is 0 Å². The minimum absolute atomic E-state index is 0.0429. The summed E-state index contributed by atoms with van der Waals surface area (Å²) in [5.74, 6) is -3.70. The second kappa shape index (κ2) is 8.48. The predicted molar refractivity (Wildman–Crippen MR) is 116 cm³/mol. The molecule has 0 unspecified atom stereocenters. The summed E-state index contributed by atoms with van der Waals surface area (Å²) in [5.41, 5.74) is -1.47. The number of nitrogens with zero attached hydrogens (tertiary/aromatic N) is 4. The molecule has 3 heterocycles. The molecule has 180 valence electrons. The summed E-state index contributed by atoms with van der Waals surface area (Å²) in [7, 11) is 0. The van der Waals surface area contributed by atoms with Crippen LogP contribution in [-0.4, -0.2) is 55.3 Å². The normalized spacial score (nSPS) is 21.1. The molecule has 34 heavy (non-hydrogen) atoms. The van der Waals surface area contributed by atoms with Crippen LogP contribution >= 0.6 is 0 Å². The monoisotopic (exact) mass is 473 g/mol. The Morgan fingerprint density at radius 3 is 2.65 bits per heavy atom. The molecule has 1 saturated carbocycles. The first-order valence-corrected chi connectivity index (χ1v) is 11.3. The Bertz CT molecular complexity index is 1230. The van der Waals surface area contributed by atoms with Crippen LogP contribution in [-0.2, 0) is 13.2 Å². The average Bonchev–Trinajstić information content (AvgIpc) is 2.75. The molecule has 9 nitrogen and oxygen atoms in total. The lowest BCUT2D eigenvalue weighted by atomic mass is 9.92. The number of carbonyl (C=O) groups is 2. The molecule has 5 rings (SSSR count). The number of halogens is 2. The fourth-order valence-corrected chi connectivity index (χ4v) is 4.75. The van der Waals surface area contributed by atoms with Crippen molar-refractivity contribution in [2.75, 3.05) is 6.54 Å². The largest absolute Gasteiger partial charge is 0.503 e. The van der Waals surface area contributed by atoms with Crippen molar-refractivity contribution < 1.29 is 23.5 Å². The van der Waals surface area contributed by atoms with Crippen molar-refractivity contribution in [1.82, 2.24) is 25.0 Å². The lowest BCUT2D eigenvalue weighted by molar-refractivity contribution is -0.252. The van der Waals surface area contributed by atoms with E-state index in [1.165, 1.54) is 16.8 Å². The molecule has 0 spiro atoms. The number of carbonyl (C=O) groups excluding carboxylic acids is 2. The molecule has 3 aliphatic rings. The SMILES string of the molecule is C[C@H]1CCN(C2CCC2)N2Cn3cc(C(=O)NCc4ccc(F)cc4F)c(=O)c(O)c3C(=O)N12. The van der Waals surface area contributed by atoms with Gasteiger partial charge in [-0.1, -0.05) is 12.5 Å². The number of pyridine rings is 1. The van der Waals surface area contributed by atoms with Gasteiger partial charge in [-0.2, -0.15) is 0 Å². The van der Waals surface area contributed by atoms with Gasteiger partial charge in [-0.3, -0.25) is 19.4 Å². The van der Waals surface area contributed by atoms with E-state index >= 15 is 0 Å². The van der Waals surface area contributed by atoms with Gasteiger partial charge in [-0.15, -0.1) is 5.12 Å². The lowest BCUT2D eigenvalue weighted by Gasteiger charge is -2.55. The Morgan fingerprint density at radius 1 is 1.21 bits per heavy atom.